The Morgan fingerprint density at radius 3 is 2.46 bits per heavy atom. The lowest BCUT2D eigenvalue weighted by Gasteiger charge is -2.02. The normalized spacial score (nSPS) is 9.62. The Morgan fingerprint density at radius 1 is 1.23 bits per heavy atom. The highest BCUT2D eigenvalue weighted by Gasteiger charge is 2.02. The largest absolute Gasteiger partial charge is 0.481 e. The Balaban J connectivity index is 3.25. The molecule has 6 nitrogen and oxygen atoms in total. The van der Waals surface area contributed by atoms with Gasteiger partial charge in [0.15, 0.2) is 0 Å². The average Bonchev–Trinajstić information content (AvgIpc) is 2.04. The van der Waals surface area contributed by atoms with E-state index in [0.29, 0.717) is 19.5 Å². The molecular weight excluding hydrogens is 174 g/mol. The highest BCUT2D eigenvalue weighted by Crippen LogP contribution is 1.94. The zero-order valence-electron chi connectivity index (χ0n) is 7.38. The standard InChI is InChI=1S/C7H15N3O3/c8-10-5-4-9-6(11)2-1-3-7(12)13/h10H,1-5,8H2,(H,9,11)(H,12,13). The Bertz CT molecular complexity index is 172. The maximum absolute atomic E-state index is 10.9. The minimum absolute atomic E-state index is 0.0303. The predicted octanol–water partition coefficient (Wildman–Crippen LogP) is -1.18. The molecule has 0 atom stereocenters. The molecule has 13 heavy (non-hydrogen) atoms. The topological polar surface area (TPSA) is 104 Å². The van der Waals surface area contributed by atoms with Crippen LogP contribution in [0.2, 0.25) is 0 Å². The predicted molar refractivity (Wildman–Crippen MR) is 46.7 cm³/mol. The van der Waals surface area contributed by atoms with E-state index in [1.165, 1.54) is 0 Å². The van der Waals surface area contributed by atoms with E-state index in [2.05, 4.69) is 10.7 Å². The second-order valence-corrected chi connectivity index (χ2v) is 2.55. The third-order valence-electron chi connectivity index (χ3n) is 1.39. The summed E-state index contributed by atoms with van der Waals surface area (Å²) in [5.74, 6) is 3.96. The molecule has 0 rings (SSSR count). The Labute approximate surface area is 76.5 Å². The summed E-state index contributed by atoms with van der Waals surface area (Å²) in [6.07, 6.45) is 0.649. The maximum Gasteiger partial charge on any atom is 0.303 e. The van der Waals surface area contributed by atoms with Crippen molar-refractivity contribution in [1.29, 1.82) is 0 Å². The van der Waals surface area contributed by atoms with E-state index in [4.69, 9.17) is 10.9 Å². The zero-order valence-corrected chi connectivity index (χ0v) is 7.38. The summed E-state index contributed by atoms with van der Waals surface area (Å²) in [6, 6.07) is 0. The molecule has 0 aliphatic carbocycles. The Hall–Kier alpha value is -1.14. The fourth-order valence-corrected chi connectivity index (χ4v) is 0.763. The van der Waals surface area contributed by atoms with E-state index in [1.54, 1.807) is 0 Å². The monoisotopic (exact) mass is 189 g/mol. The number of hydrogen-bond acceptors (Lipinski definition) is 4. The number of carboxylic acid groups (broad SMARTS) is 1. The number of hydrogen-bond donors (Lipinski definition) is 4. The third kappa shape index (κ3) is 8.77. The fraction of sp³-hybridized carbons (Fsp3) is 0.714. The first-order valence-corrected chi connectivity index (χ1v) is 4.08. The van der Waals surface area contributed by atoms with Crippen LogP contribution in [0.1, 0.15) is 19.3 Å². The summed E-state index contributed by atoms with van der Waals surface area (Å²) in [5, 5.41) is 10.9. The first-order valence-electron chi connectivity index (χ1n) is 4.08. The second-order valence-electron chi connectivity index (χ2n) is 2.55. The molecule has 0 radical (unpaired) electrons. The SMILES string of the molecule is NNCCNC(=O)CCCC(=O)O. The number of nitrogens with two attached hydrogens (primary N) is 1. The van der Waals surface area contributed by atoms with E-state index in [9.17, 15) is 9.59 Å². The van der Waals surface area contributed by atoms with Crippen LogP contribution in [0.4, 0.5) is 0 Å². The Kier molecular flexibility index (Phi) is 6.85. The van der Waals surface area contributed by atoms with Gasteiger partial charge in [0.1, 0.15) is 0 Å². The van der Waals surface area contributed by atoms with Crippen LogP contribution in [-0.4, -0.2) is 30.1 Å². The molecule has 76 valence electrons. The molecule has 0 heterocycles. The molecule has 0 aromatic carbocycles. The highest BCUT2D eigenvalue weighted by atomic mass is 16.4. The van der Waals surface area contributed by atoms with Gasteiger partial charge in [0.25, 0.3) is 0 Å². The van der Waals surface area contributed by atoms with Gasteiger partial charge >= 0.3 is 5.97 Å². The number of aliphatic carboxylic acids is 1. The summed E-state index contributed by atoms with van der Waals surface area (Å²) in [7, 11) is 0. The van der Waals surface area contributed by atoms with Gasteiger partial charge < -0.3 is 10.4 Å². The molecule has 0 saturated carbocycles. The number of hydrazine groups is 1. The molecule has 0 aliphatic rings. The molecule has 6 heteroatoms. The fourth-order valence-electron chi connectivity index (χ4n) is 0.763. The van der Waals surface area contributed by atoms with Crippen molar-refractivity contribution in [3.63, 3.8) is 0 Å². The van der Waals surface area contributed by atoms with E-state index in [-0.39, 0.29) is 18.7 Å². The van der Waals surface area contributed by atoms with Gasteiger partial charge in [0, 0.05) is 25.9 Å². The number of rotatable bonds is 7. The van der Waals surface area contributed by atoms with E-state index in [1.807, 2.05) is 0 Å². The maximum atomic E-state index is 10.9. The van der Waals surface area contributed by atoms with Crippen LogP contribution >= 0.6 is 0 Å². The third-order valence-corrected chi connectivity index (χ3v) is 1.39. The van der Waals surface area contributed by atoms with Gasteiger partial charge in [0.05, 0.1) is 0 Å². The quantitative estimate of drug-likeness (QED) is 0.229. The Morgan fingerprint density at radius 2 is 1.92 bits per heavy atom. The van der Waals surface area contributed by atoms with Crippen LogP contribution in [0.25, 0.3) is 0 Å². The van der Waals surface area contributed by atoms with Crippen LogP contribution in [0.5, 0.6) is 0 Å². The van der Waals surface area contributed by atoms with Gasteiger partial charge in [-0.25, -0.2) is 0 Å². The molecule has 0 aromatic heterocycles. The van der Waals surface area contributed by atoms with Crippen molar-refractivity contribution in [2.75, 3.05) is 13.1 Å². The van der Waals surface area contributed by atoms with E-state index < -0.39 is 5.97 Å². The molecule has 1 amide bonds. The molecule has 0 spiro atoms. The summed E-state index contributed by atoms with van der Waals surface area (Å²) >= 11 is 0. The van der Waals surface area contributed by atoms with Gasteiger partial charge in [-0.3, -0.25) is 20.9 Å². The van der Waals surface area contributed by atoms with Crippen LogP contribution in [0.15, 0.2) is 0 Å². The molecule has 0 bridgehead atoms. The second kappa shape index (κ2) is 7.51. The van der Waals surface area contributed by atoms with Gasteiger partial charge in [-0.05, 0) is 6.42 Å². The summed E-state index contributed by atoms with van der Waals surface area (Å²) in [4.78, 5) is 21.0. The minimum Gasteiger partial charge on any atom is -0.481 e. The van der Waals surface area contributed by atoms with Crippen molar-refractivity contribution >= 4 is 11.9 Å². The molecular formula is C7H15N3O3. The van der Waals surface area contributed by atoms with Gasteiger partial charge in [0.2, 0.25) is 5.91 Å². The number of carboxylic acids is 1. The lowest BCUT2D eigenvalue weighted by molar-refractivity contribution is -0.137. The van der Waals surface area contributed by atoms with Crippen molar-refractivity contribution in [1.82, 2.24) is 10.7 Å². The summed E-state index contributed by atoms with van der Waals surface area (Å²) < 4.78 is 0. The summed E-state index contributed by atoms with van der Waals surface area (Å²) in [5.41, 5.74) is 2.39. The minimum atomic E-state index is -0.878. The van der Waals surface area contributed by atoms with Crippen molar-refractivity contribution < 1.29 is 14.7 Å². The van der Waals surface area contributed by atoms with Crippen LogP contribution in [0, 0.1) is 0 Å². The smallest absolute Gasteiger partial charge is 0.303 e. The van der Waals surface area contributed by atoms with Crippen molar-refractivity contribution in [3.8, 4) is 0 Å². The van der Waals surface area contributed by atoms with Gasteiger partial charge in [-0.15, -0.1) is 0 Å². The number of nitrogens with one attached hydrogen (secondary N) is 2. The molecule has 5 N–H and O–H groups in total. The lowest BCUT2D eigenvalue weighted by atomic mass is 10.2. The molecule has 0 saturated heterocycles. The van der Waals surface area contributed by atoms with Gasteiger partial charge in [-0.2, -0.15) is 0 Å². The first kappa shape index (κ1) is 11.9. The van der Waals surface area contributed by atoms with Crippen molar-refractivity contribution in [3.05, 3.63) is 0 Å². The van der Waals surface area contributed by atoms with Crippen LogP contribution in [0.3, 0.4) is 0 Å². The molecule has 0 aromatic rings. The molecule has 0 fully saturated rings. The van der Waals surface area contributed by atoms with Crippen molar-refractivity contribution in [2.45, 2.75) is 19.3 Å². The zero-order chi connectivity index (χ0) is 10.1. The lowest BCUT2D eigenvalue weighted by Crippen LogP contribution is -2.34. The number of amides is 1. The van der Waals surface area contributed by atoms with Gasteiger partial charge in [-0.1, -0.05) is 0 Å². The number of carbonyl (C=O) groups excluding carboxylic acids is 1. The summed E-state index contributed by atoms with van der Waals surface area (Å²) in [6.45, 7) is 0.965. The molecule has 0 unspecified atom stereocenters. The van der Waals surface area contributed by atoms with E-state index in [0.717, 1.165) is 0 Å². The first-order chi connectivity index (χ1) is 6.16. The van der Waals surface area contributed by atoms with E-state index >= 15 is 0 Å². The number of carbonyl (C=O) groups is 2. The van der Waals surface area contributed by atoms with Crippen molar-refractivity contribution in [2.24, 2.45) is 5.84 Å². The molecule has 0 aliphatic heterocycles. The van der Waals surface area contributed by atoms with Crippen LogP contribution < -0.4 is 16.6 Å². The highest BCUT2D eigenvalue weighted by molar-refractivity contribution is 5.76. The average molecular weight is 189 g/mol. The van der Waals surface area contributed by atoms with Crippen LogP contribution in [-0.2, 0) is 9.59 Å².